The molecular weight excluding hydrogens is 246 g/mol. The zero-order chi connectivity index (χ0) is 13.9. The Hall–Kier alpha value is -2.35. The Bertz CT molecular complexity index is 633. The second kappa shape index (κ2) is 5.33. The van der Waals surface area contributed by atoms with Crippen molar-refractivity contribution in [2.45, 2.75) is 18.9 Å². The van der Waals surface area contributed by atoms with E-state index < -0.39 is 0 Å². The minimum atomic E-state index is -0.0765. The molecule has 1 atom stereocenters. The van der Waals surface area contributed by atoms with Crippen LogP contribution in [0, 0.1) is 0 Å². The average molecular weight is 263 g/mol. The zero-order valence-corrected chi connectivity index (χ0v) is 11.3. The first-order valence-electron chi connectivity index (χ1n) is 6.86. The summed E-state index contributed by atoms with van der Waals surface area (Å²) >= 11 is 0. The Morgan fingerprint density at radius 1 is 1.05 bits per heavy atom. The summed E-state index contributed by atoms with van der Waals surface area (Å²) in [6.07, 6.45) is 2.52. The van der Waals surface area contributed by atoms with Crippen molar-refractivity contribution in [1.29, 1.82) is 0 Å². The highest BCUT2D eigenvalue weighted by Crippen LogP contribution is 2.39. The molecule has 0 saturated carbocycles. The van der Waals surface area contributed by atoms with Gasteiger partial charge in [-0.3, -0.25) is 4.79 Å². The van der Waals surface area contributed by atoms with Gasteiger partial charge in [-0.1, -0.05) is 54.6 Å². The molecule has 2 nitrogen and oxygen atoms in total. The fraction of sp³-hybridized carbons (Fsp3) is 0.167. The van der Waals surface area contributed by atoms with Gasteiger partial charge < -0.3 is 4.90 Å². The number of anilines is 1. The summed E-state index contributed by atoms with van der Waals surface area (Å²) in [6, 6.07) is 18.2. The summed E-state index contributed by atoms with van der Waals surface area (Å²) in [4.78, 5) is 14.5. The average Bonchev–Trinajstić information content (AvgIpc) is 2.75. The van der Waals surface area contributed by atoms with Crippen molar-refractivity contribution in [3.05, 3.63) is 78.4 Å². The van der Waals surface area contributed by atoms with Gasteiger partial charge in [0.2, 0.25) is 5.91 Å². The summed E-state index contributed by atoms with van der Waals surface area (Å²) in [5.41, 5.74) is 3.30. The maximum absolute atomic E-state index is 12.6. The number of para-hydroxylation sites is 1. The Balaban J connectivity index is 1.95. The largest absolute Gasteiger partial charge is 0.307 e. The van der Waals surface area contributed by atoms with Gasteiger partial charge in [0.05, 0.1) is 12.5 Å². The maximum Gasteiger partial charge on any atom is 0.235 e. The smallest absolute Gasteiger partial charge is 0.235 e. The summed E-state index contributed by atoms with van der Waals surface area (Å²) in [5.74, 6) is 0.0994. The minimum Gasteiger partial charge on any atom is -0.307 e. The molecule has 2 aromatic carbocycles. The number of allylic oxidation sites excluding steroid dienone is 1. The van der Waals surface area contributed by atoms with E-state index in [1.165, 1.54) is 0 Å². The van der Waals surface area contributed by atoms with Crippen molar-refractivity contribution in [1.82, 2.24) is 0 Å². The first kappa shape index (κ1) is 12.7. The normalized spacial score (nSPS) is 17.1. The molecule has 0 radical (unpaired) electrons. The molecule has 3 rings (SSSR count). The topological polar surface area (TPSA) is 20.3 Å². The molecule has 2 heteroatoms. The van der Waals surface area contributed by atoms with Crippen LogP contribution in [0.3, 0.4) is 0 Å². The van der Waals surface area contributed by atoms with Crippen molar-refractivity contribution in [3.63, 3.8) is 0 Å². The third-order valence-electron chi connectivity index (χ3n) is 3.75. The number of hydrogen-bond donors (Lipinski definition) is 0. The van der Waals surface area contributed by atoms with E-state index in [4.69, 9.17) is 0 Å². The van der Waals surface area contributed by atoms with Crippen LogP contribution in [-0.2, 0) is 11.3 Å². The molecule has 0 fully saturated rings. The van der Waals surface area contributed by atoms with Crippen LogP contribution in [0.5, 0.6) is 0 Å². The highest BCUT2D eigenvalue weighted by atomic mass is 16.2. The Labute approximate surface area is 119 Å². The van der Waals surface area contributed by atoms with Gasteiger partial charge in [-0.05, 0) is 23.6 Å². The lowest BCUT2D eigenvalue weighted by atomic mass is 9.97. The molecule has 0 aromatic heterocycles. The fourth-order valence-electron chi connectivity index (χ4n) is 2.79. The number of amides is 1. The van der Waals surface area contributed by atoms with Gasteiger partial charge in [-0.25, -0.2) is 0 Å². The number of carbonyl (C=O) groups excluding carboxylic acids is 1. The molecule has 1 unspecified atom stereocenters. The van der Waals surface area contributed by atoms with E-state index in [9.17, 15) is 4.79 Å². The molecule has 0 N–H and O–H groups in total. The van der Waals surface area contributed by atoms with Crippen molar-refractivity contribution in [2.75, 3.05) is 4.90 Å². The molecule has 1 aliphatic rings. The Kier molecular flexibility index (Phi) is 3.38. The molecular formula is C18H17NO. The molecule has 1 aliphatic heterocycles. The molecule has 0 spiro atoms. The highest BCUT2D eigenvalue weighted by Gasteiger charge is 2.35. The summed E-state index contributed by atoms with van der Waals surface area (Å²) in [7, 11) is 0. The Morgan fingerprint density at radius 3 is 2.50 bits per heavy atom. The van der Waals surface area contributed by atoms with Crippen LogP contribution in [0.25, 0.3) is 0 Å². The predicted molar refractivity (Wildman–Crippen MR) is 81.6 cm³/mol. The van der Waals surface area contributed by atoms with Crippen LogP contribution in [-0.4, -0.2) is 5.91 Å². The molecule has 0 bridgehead atoms. The lowest BCUT2D eigenvalue weighted by Crippen LogP contribution is -2.28. The highest BCUT2D eigenvalue weighted by molar-refractivity contribution is 6.04. The number of nitrogens with zero attached hydrogens (tertiary/aromatic N) is 1. The van der Waals surface area contributed by atoms with E-state index in [2.05, 4.69) is 18.7 Å². The van der Waals surface area contributed by atoms with Gasteiger partial charge in [0, 0.05) is 5.69 Å². The first-order valence-corrected chi connectivity index (χ1v) is 6.86. The van der Waals surface area contributed by atoms with E-state index in [0.717, 1.165) is 16.8 Å². The summed E-state index contributed by atoms with van der Waals surface area (Å²) < 4.78 is 0. The van der Waals surface area contributed by atoms with Crippen LogP contribution >= 0.6 is 0 Å². The second-order valence-corrected chi connectivity index (χ2v) is 5.05. The van der Waals surface area contributed by atoms with Crippen LogP contribution in [0.15, 0.2) is 67.3 Å². The van der Waals surface area contributed by atoms with E-state index in [1.807, 2.05) is 53.4 Å². The molecule has 0 aliphatic carbocycles. The van der Waals surface area contributed by atoms with Crippen molar-refractivity contribution in [3.8, 4) is 0 Å². The third kappa shape index (κ3) is 2.14. The number of hydrogen-bond acceptors (Lipinski definition) is 1. The third-order valence-corrected chi connectivity index (χ3v) is 3.75. The second-order valence-electron chi connectivity index (χ2n) is 5.05. The number of fused-ring (bicyclic) bond motifs is 1. The maximum atomic E-state index is 12.6. The zero-order valence-electron chi connectivity index (χ0n) is 11.3. The molecule has 1 heterocycles. The van der Waals surface area contributed by atoms with E-state index >= 15 is 0 Å². The molecule has 0 saturated heterocycles. The summed E-state index contributed by atoms with van der Waals surface area (Å²) in [5, 5.41) is 0. The van der Waals surface area contributed by atoms with E-state index in [1.54, 1.807) is 0 Å². The van der Waals surface area contributed by atoms with Crippen LogP contribution in [0.1, 0.15) is 23.5 Å². The molecule has 1 amide bonds. The quantitative estimate of drug-likeness (QED) is 0.766. The van der Waals surface area contributed by atoms with Crippen molar-refractivity contribution in [2.24, 2.45) is 0 Å². The van der Waals surface area contributed by atoms with Crippen LogP contribution in [0.2, 0.25) is 0 Å². The van der Waals surface area contributed by atoms with E-state index in [-0.39, 0.29) is 11.8 Å². The van der Waals surface area contributed by atoms with Gasteiger partial charge in [-0.15, -0.1) is 6.58 Å². The van der Waals surface area contributed by atoms with E-state index in [0.29, 0.717) is 13.0 Å². The Morgan fingerprint density at radius 2 is 1.75 bits per heavy atom. The molecule has 2 aromatic rings. The molecule has 100 valence electrons. The van der Waals surface area contributed by atoms with Gasteiger partial charge in [0.15, 0.2) is 0 Å². The van der Waals surface area contributed by atoms with Gasteiger partial charge in [0.1, 0.15) is 0 Å². The predicted octanol–water partition coefficient (Wildman–Crippen LogP) is 3.89. The monoisotopic (exact) mass is 263 g/mol. The van der Waals surface area contributed by atoms with Gasteiger partial charge >= 0.3 is 0 Å². The summed E-state index contributed by atoms with van der Waals surface area (Å²) in [6.45, 7) is 4.40. The molecule has 20 heavy (non-hydrogen) atoms. The van der Waals surface area contributed by atoms with Gasteiger partial charge in [0.25, 0.3) is 0 Å². The van der Waals surface area contributed by atoms with Crippen molar-refractivity contribution < 1.29 is 4.79 Å². The van der Waals surface area contributed by atoms with Crippen LogP contribution < -0.4 is 4.90 Å². The lowest BCUT2D eigenvalue weighted by Gasteiger charge is -2.18. The first-order chi connectivity index (χ1) is 9.81. The SMILES string of the molecule is C=CCC1C(=O)N(Cc2ccccc2)c2ccccc21. The van der Waals surface area contributed by atoms with Crippen LogP contribution in [0.4, 0.5) is 5.69 Å². The number of benzene rings is 2. The number of carbonyl (C=O) groups is 1. The van der Waals surface area contributed by atoms with Gasteiger partial charge in [-0.2, -0.15) is 0 Å². The van der Waals surface area contributed by atoms with Crippen molar-refractivity contribution >= 4 is 11.6 Å². The fourth-order valence-corrected chi connectivity index (χ4v) is 2.79. The number of rotatable bonds is 4. The standard InChI is InChI=1S/C18H17NO/c1-2-8-16-15-11-6-7-12-17(15)19(18(16)20)13-14-9-4-3-5-10-14/h2-7,9-12,16H,1,8,13H2. The minimum absolute atomic E-state index is 0.0765. The lowest BCUT2D eigenvalue weighted by molar-refractivity contribution is -0.119.